The highest BCUT2D eigenvalue weighted by Crippen LogP contribution is 2.25. The lowest BCUT2D eigenvalue weighted by atomic mass is 10.2. The predicted octanol–water partition coefficient (Wildman–Crippen LogP) is 4.71. The van der Waals surface area contributed by atoms with Crippen LogP contribution in [0.1, 0.15) is 32.3 Å². The molecule has 0 aliphatic heterocycles. The molecule has 2 N–H and O–H groups in total. The van der Waals surface area contributed by atoms with Crippen molar-refractivity contribution in [2.75, 3.05) is 23.3 Å². The number of hydrazone groups is 1. The van der Waals surface area contributed by atoms with Crippen molar-refractivity contribution >= 4 is 52.6 Å². The molecule has 0 aromatic heterocycles. The second-order valence-corrected chi connectivity index (χ2v) is 7.07. The largest absolute Gasteiger partial charge is 0.372 e. The van der Waals surface area contributed by atoms with Gasteiger partial charge >= 0.3 is 0 Å². The molecule has 154 valence electrons. The van der Waals surface area contributed by atoms with E-state index in [0.717, 1.165) is 24.3 Å². The first kappa shape index (κ1) is 22.7. The summed E-state index contributed by atoms with van der Waals surface area (Å²) in [7, 11) is 0. The number of halogens is 2. The highest BCUT2D eigenvalue weighted by Gasteiger charge is 2.09. The molecule has 6 nitrogen and oxygen atoms in total. The molecule has 0 spiro atoms. The molecule has 0 radical (unpaired) electrons. The Balaban J connectivity index is 1.77. The quantitative estimate of drug-likeness (QED) is 0.443. The topological polar surface area (TPSA) is 73.8 Å². The standard InChI is InChI=1S/C21H24Cl2N4O2/c1-3-27(4-2)17-8-5-15(6-9-17)14-24-26-21(29)12-11-20(28)25-19-10-7-16(22)13-18(19)23/h5-10,13-14H,3-4,11-12H2,1-2H3,(H,25,28)(H,26,29)/b24-14+. The van der Waals surface area contributed by atoms with E-state index in [9.17, 15) is 9.59 Å². The number of anilines is 2. The van der Waals surface area contributed by atoms with Gasteiger partial charge in [-0.05, 0) is 49.7 Å². The van der Waals surface area contributed by atoms with Gasteiger partial charge in [-0.3, -0.25) is 9.59 Å². The summed E-state index contributed by atoms with van der Waals surface area (Å²) in [6, 6.07) is 12.7. The van der Waals surface area contributed by atoms with Crippen LogP contribution in [0.4, 0.5) is 11.4 Å². The van der Waals surface area contributed by atoms with Crippen LogP contribution in [0.15, 0.2) is 47.6 Å². The molecule has 0 saturated heterocycles. The Morgan fingerprint density at radius 1 is 1.00 bits per heavy atom. The van der Waals surface area contributed by atoms with Crippen molar-refractivity contribution in [3.05, 3.63) is 58.1 Å². The highest BCUT2D eigenvalue weighted by atomic mass is 35.5. The zero-order valence-corrected chi connectivity index (χ0v) is 17.9. The molecule has 0 fully saturated rings. The second kappa shape index (κ2) is 11.4. The van der Waals surface area contributed by atoms with Crippen LogP contribution in [-0.4, -0.2) is 31.1 Å². The molecule has 0 atom stereocenters. The average molecular weight is 435 g/mol. The van der Waals surface area contributed by atoms with Crippen LogP contribution in [0, 0.1) is 0 Å². The van der Waals surface area contributed by atoms with Crippen molar-refractivity contribution in [1.82, 2.24) is 5.43 Å². The molecule has 2 aromatic carbocycles. The molecule has 0 aliphatic carbocycles. The molecule has 0 aliphatic rings. The van der Waals surface area contributed by atoms with Gasteiger partial charge in [0.05, 0.1) is 16.9 Å². The van der Waals surface area contributed by atoms with Crippen molar-refractivity contribution in [2.45, 2.75) is 26.7 Å². The second-order valence-electron chi connectivity index (χ2n) is 6.23. The molecular weight excluding hydrogens is 411 g/mol. The van der Waals surface area contributed by atoms with E-state index < -0.39 is 0 Å². The zero-order chi connectivity index (χ0) is 21.2. The number of hydrogen-bond donors (Lipinski definition) is 2. The Hall–Kier alpha value is -2.57. The number of nitrogens with zero attached hydrogens (tertiary/aromatic N) is 2. The van der Waals surface area contributed by atoms with Crippen molar-refractivity contribution < 1.29 is 9.59 Å². The Bertz CT molecular complexity index is 865. The molecule has 0 unspecified atom stereocenters. The Morgan fingerprint density at radius 3 is 2.28 bits per heavy atom. The van der Waals surface area contributed by atoms with Crippen LogP contribution in [0.25, 0.3) is 0 Å². The van der Waals surface area contributed by atoms with E-state index in [2.05, 4.69) is 34.6 Å². The lowest BCUT2D eigenvalue weighted by Crippen LogP contribution is -2.21. The van der Waals surface area contributed by atoms with E-state index in [1.54, 1.807) is 18.3 Å². The summed E-state index contributed by atoms with van der Waals surface area (Å²) in [5.74, 6) is -0.668. The fourth-order valence-electron chi connectivity index (χ4n) is 2.63. The maximum absolute atomic E-state index is 12.0. The molecule has 0 bridgehead atoms. The molecule has 29 heavy (non-hydrogen) atoms. The summed E-state index contributed by atoms with van der Waals surface area (Å²) >= 11 is 11.8. The first-order valence-corrected chi connectivity index (χ1v) is 10.1. The first-order chi connectivity index (χ1) is 13.9. The maximum atomic E-state index is 12.0. The summed E-state index contributed by atoms with van der Waals surface area (Å²) in [4.78, 5) is 26.1. The van der Waals surface area contributed by atoms with E-state index in [-0.39, 0.29) is 24.7 Å². The van der Waals surface area contributed by atoms with Crippen LogP contribution in [0.3, 0.4) is 0 Å². The van der Waals surface area contributed by atoms with Crippen molar-refractivity contribution in [3.63, 3.8) is 0 Å². The van der Waals surface area contributed by atoms with Gasteiger partial charge in [-0.25, -0.2) is 5.43 Å². The minimum atomic E-state index is -0.349. The molecular formula is C21H24Cl2N4O2. The molecule has 2 amide bonds. The highest BCUT2D eigenvalue weighted by molar-refractivity contribution is 6.36. The van der Waals surface area contributed by atoms with E-state index in [0.29, 0.717) is 15.7 Å². The molecule has 0 heterocycles. The third-order valence-electron chi connectivity index (χ3n) is 4.21. The van der Waals surface area contributed by atoms with Crippen molar-refractivity contribution in [2.24, 2.45) is 5.10 Å². The lowest BCUT2D eigenvalue weighted by molar-refractivity contribution is -0.124. The number of nitrogens with one attached hydrogen (secondary N) is 2. The van der Waals surface area contributed by atoms with Gasteiger partial charge in [0.15, 0.2) is 0 Å². The number of hydrogen-bond acceptors (Lipinski definition) is 4. The smallest absolute Gasteiger partial charge is 0.240 e. The number of amides is 2. The van der Waals surface area contributed by atoms with Gasteiger partial charge in [0.1, 0.15) is 0 Å². The SMILES string of the molecule is CCN(CC)c1ccc(/C=N/NC(=O)CCC(=O)Nc2ccc(Cl)cc2Cl)cc1. The normalized spacial score (nSPS) is 10.8. The van der Waals surface area contributed by atoms with Gasteiger partial charge in [-0.2, -0.15) is 5.10 Å². The van der Waals surface area contributed by atoms with Crippen LogP contribution in [0.5, 0.6) is 0 Å². The number of rotatable bonds is 9. The zero-order valence-electron chi connectivity index (χ0n) is 16.4. The molecule has 2 aromatic rings. The summed E-state index contributed by atoms with van der Waals surface area (Å²) in [6.45, 7) is 6.10. The van der Waals surface area contributed by atoms with Gasteiger partial charge in [-0.1, -0.05) is 35.3 Å². The minimum absolute atomic E-state index is 0.00921. The average Bonchev–Trinajstić information content (AvgIpc) is 2.70. The fraction of sp³-hybridized carbons (Fsp3) is 0.286. The van der Waals surface area contributed by atoms with Gasteiger partial charge in [0.2, 0.25) is 11.8 Å². The van der Waals surface area contributed by atoms with E-state index in [4.69, 9.17) is 23.2 Å². The number of carbonyl (C=O) groups is 2. The van der Waals surface area contributed by atoms with E-state index in [1.807, 2.05) is 24.3 Å². The van der Waals surface area contributed by atoms with Crippen molar-refractivity contribution in [1.29, 1.82) is 0 Å². The molecule has 8 heteroatoms. The summed E-state index contributed by atoms with van der Waals surface area (Å²) in [5, 5.41) is 7.40. The van der Waals surface area contributed by atoms with Crippen molar-refractivity contribution in [3.8, 4) is 0 Å². The Labute approximate surface area is 180 Å². The number of benzene rings is 2. The van der Waals surface area contributed by atoms with E-state index in [1.165, 1.54) is 6.07 Å². The Morgan fingerprint density at radius 2 is 1.66 bits per heavy atom. The van der Waals surface area contributed by atoms with Gasteiger partial charge < -0.3 is 10.2 Å². The third kappa shape index (κ3) is 7.40. The molecule has 2 rings (SSSR count). The van der Waals surface area contributed by atoms with Crippen LogP contribution in [0.2, 0.25) is 10.0 Å². The fourth-order valence-corrected chi connectivity index (χ4v) is 3.08. The van der Waals surface area contributed by atoms with Gasteiger partial charge in [0.25, 0.3) is 0 Å². The summed E-state index contributed by atoms with van der Waals surface area (Å²) in [5.41, 5.74) is 4.89. The van der Waals surface area contributed by atoms with Gasteiger partial charge in [0, 0.05) is 36.6 Å². The monoisotopic (exact) mass is 434 g/mol. The predicted molar refractivity (Wildman–Crippen MR) is 120 cm³/mol. The van der Waals surface area contributed by atoms with Crippen LogP contribution >= 0.6 is 23.2 Å². The Kier molecular flexibility index (Phi) is 8.96. The summed E-state index contributed by atoms with van der Waals surface area (Å²) < 4.78 is 0. The first-order valence-electron chi connectivity index (χ1n) is 9.34. The lowest BCUT2D eigenvalue weighted by Gasteiger charge is -2.20. The number of carbonyl (C=O) groups excluding carboxylic acids is 2. The van der Waals surface area contributed by atoms with Crippen LogP contribution in [-0.2, 0) is 9.59 Å². The van der Waals surface area contributed by atoms with Crippen LogP contribution < -0.4 is 15.6 Å². The molecule has 0 saturated carbocycles. The maximum Gasteiger partial charge on any atom is 0.240 e. The van der Waals surface area contributed by atoms with Gasteiger partial charge in [-0.15, -0.1) is 0 Å². The third-order valence-corrected chi connectivity index (χ3v) is 4.76. The summed E-state index contributed by atoms with van der Waals surface area (Å²) in [6.07, 6.45) is 1.59. The minimum Gasteiger partial charge on any atom is -0.372 e. The van der Waals surface area contributed by atoms with E-state index >= 15 is 0 Å².